The van der Waals surface area contributed by atoms with Crippen LogP contribution in [-0.4, -0.2) is 36.8 Å². The molecule has 1 amide bonds. The van der Waals surface area contributed by atoms with E-state index in [0.29, 0.717) is 13.0 Å². The molecule has 62 valence electrons. The second-order valence-electron chi connectivity index (χ2n) is 2.71. The number of nitrogens with two attached hydrogens (primary N) is 1. The Morgan fingerprint density at radius 1 is 1.91 bits per heavy atom. The molecule has 0 aliphatic carbocycles. The molecule has 1 heterocycles. The second kappa shape index (κ2) is 3.37. The molecule has 1 rings (SSSR count). The van der Waals surface area contributed by atoms with Crippen molar-refractivity contribution in [3.05, 3.63) is 0 Å². The van der Waals surface area contributed by atoms with Gasteiger partial charge in [-0.2, -0.15) is 0 Å². The number of amides is 1. The van der Waals surface area contributed by atoms with E-state index in [1.165, 1.54) is 6.34 Å². The van der Waals surface area contributed by atoms with Crippen LogP contribution in [0.5, 0.6) is 0 Å². The fourth-order valence-electron chi connectivity index (χ4n) is 1.26. The summed E-state index contributed by atoms with van der Waals surface area (Å²) in [6, 6.07) is 0.266. The zero-order valence-electron chi connectivity index (χ0n) is 6.66. The van der Waals surface area contributed by atoms with E-state index in [-0.39, 0.29) is 11.9 Å². The van der Waals surface area contributed by atoms with Crippen LogP contribution >= 0.6 is 0 Å². The molecule has 0 aromatic rings. The van der Waals surface area contributed by atoms with E-state index in [4.69, 9.17) is 5.73 Å². The molecule has 1 saturated heterocycles. The van der Waals surface area contributed by atoms with Gasteiger partial charge in [-0.1, -0.05) is 0 Å². The average molecular weight is 155 g/mol. The standard InChI is InChI=1S/C7H13N3O/c1-10-6(4-9-5-8)2-3-7(10)11/h5-6H,2-4H2,1H3,(H2,8,9)/t6-/m1/s1. The minimum absolute atomic E-state index is 0.210. The molecule has 0 unspecified atom stereocenters. The van der Waals surface area contributed by atoms with Gasteiger partial charge in [-0.3, -0.25) is 9.79 Å². The molecule has 4 nitrogen and oxygen atoms in total. The molecule has 0 aromatic heterocycles. The van der Waals surface area contributed by atoms with Crippen molar-refractivity contribution in [2.24, 2.45) is 10.7 Å². The van der Waals surface area contributed by atoms with Gasteiger partial charge in [-0.05, 0) is 6.42 Å². The minimum atomic E-state index is 0.210. The lowest BCUT2D eigenvalue weighted by molar-refractivity contribution is -0.127. The Morgan fingerprint density at radius 2 is 2.64 bits per heavy atom. The predicted molar refractivity (Wildman–Crippen MR) is 43.3 cm³/mol. The number of likely N-dealkylation sites (tertiary alicyclic amines) is 1. The van der Waals surface area contributed by atoms with Crippen LogP contribution in [0.2, 0.25) is 0 Å². The lowest BCUT2D eigenvalue weighted by Gasteiger charge is -2.16. The zero-order valence-corrected chi connectivity index (χ0v) is 6.66. The Morgan fingerprint density at radius 3 is 3.09 bits per heavy atom. The van der Waals surface area contributed by atoms with Crippen molar-refractivity contribution < 1.29 is 4.79 Å². The highest BCUT2D eigenvalue weighted by atomic mass is 16.2. The van der Waals surface area contributed by atoms with Crippen molar-refractivity contribution in [1.29, 1.82) is 0 Å². The molecule has 1 aliphatic heterocycles. The monoisotopic (exact) mass is 155 g/mol. The maximum Gasteiger partial charge on any atom is 0.222 e. The molecule has 1 fully saturated rings. The van der Waals surface area contributed by atoms with Crippen molar-refractivity contribution in [3.63, 3.8) is 0 Å². The third kappa shape index (κ3) is 1.69. The summed E-state index contributed by atoms with van der Waals surface area (Å²) >= 11 is 0. The van der Waals surface area contributed by atoms with Gasteiger partial charge in [0.25, 0.3) is 0 Å². The topological polar surface area (TPSA) is 58.7 Å². The molecule has 4 heteroatoms. The number of likely N-dealkylation sites (N-methyl/N-ethyl adjacent to an activating group) is 1. The summed E-state index contributed by atoms with van der Waals surface area (Å²) in [4.78, 5) is 16.6. The van der Waals surface area contributed by atoms with Crippen LogP contribution in [0, 0.1) is 0 Å². The van der Waals surface area contributed by atoms with Crippen LogP contribution in [0.15, 0.2) is 4.99 Å². The number of carbonyl (C=O) groups is 1. The van der Waals surface area contributed by atoms with Crippen LogP contribution in [0.4, 0.5) is 0 Å². The average Bonchev–Trinajstić information content (AvgIpc) is 2.31. The molecular weight excluding hydrogens is 142 g/mol. The Labute approximate surface area is 66.1 Å². The van der Waals surface area contributed by atoms with Gasteiger partial charge in [0.05, 0.1) is 18.9 Å². The molecule has 1 atom stereocenters. The lowest BCUT2D eigenvalue weighted by atomic mass is 10.2. The van der Waals surface area contributed by atoms with Crippen molar-refractivity contribution in [2.75, 3.05) is 13.6 Å². The first-order chi connectivity index (χ1) is 5.25. The van der Waals surface area contributed by atoms with Crippen LogP contribution < -0.4 is 5.73 Å². The summed E-state index contributed by atoms with van der Waals surface area (Å²) in [7, 11) is 1.81. The van der Waals surface area contributed by atoms with Crippen LogP contribution in [0.25, 0.3) is 0 Å². The zero-order chi connectivity index (χ0) is 8.27. The van der Waals surface area contributed by atoms with Gasteiger partial charge < -0.3 is 10.6 Å². The SMILES string of the molecule is CN1C(=O)CC[C@@H]1CN=CN. The number of hydrogen-bond donors (Lipinski definition) is 1. The van der Waals surface area contributed by atoms with E-state index in [2.05, 4.69) is 4.99 Å². The highest BCUT2D eigenvalue weighted by Gasteiger charge is 2.26. The van der Waals surface area contributed by atoms with Gasteiger partial charge in [0.1, 0.15) is 0 Å². The van der Waals surface area contributed by atoms with Gasteiger partial charge in [0.15, 0.2) is 0 Å². The van der Waals surface area contributed by atoms with E-state index in [1.807, 2.05) is 7.05 Å². The number of hydrogen-bond acceptors (Lipinski definition) is 2. The van der Waals surface area contributed by atoms with Gasteiger partial charge in [-0.15, -0.1) is 0 Å². The highest BCUT2D eigenvalue weighted by molar-refractivity contribution is 5.78. The van der Waals surface area contributed by atoms with E-state index in [9.17, 15) is 4.79 Å². The molecule has 2 N–H and O–H groups in total. The summed E-state index contributed by atoms with van der Waals surface area (Å²) in [6.45, 7) is 0.638. The van der Waals surface area contributed by atoms with Crippen molar-refractivity contribution in [1.82, 2.24) is 4.90 Å². The van der Waals surface area contributed by atoms with E-state index < -0.39 is 0 Å². The maximum atomic E-state index is 11.0. The summed E-state index contributed by atoms with van der Waals surface area (Å²) in [6.07, 6.45) is 2.85. The van der Waals surface area contributed by atoms with Gasteiger partial charge >= 0.3 is 0 Å². The van der Waals surface area contributed by atoms with E-state index in [0.717, 1.165) is 6.42 Å². The fourth-order valence-corrected chi connectivity index (χ4v) is 1.26. The van der Waals surface area contributed by atoms with Crippen molar-refractivity contribution in [3.8, 4) is 0 Å². The van der Waals surface area contributed by atoms with Crippen LogP contribution in [0.1, 0.15) is 12.8 Å². The molecular formula is C7H13N3O. The summed E-state index contributed by atoms with van der Waals surface area (Å²) in [5, 5.41) is 0. The van der Waals surface area contributed by atoms with Crippen molar-refractivity contribution in [2.45, 2.75) is 18.9 Å². The predicted octanol–water partition coefficient (Wildman–Crippen LogP) is -0.406. The Kier molecular flexibility index (Phi) is 2.46. The highest BCUT2D eigenvalue weighted by Crippen LogP contribution is 2.15. The molecule has 1 aliphatic rings. The Balaban J connectivity index is 2.42. The number of rotatable bonds is 2. The Bertz CT molecular complexity index is 179. The van der Waals surface area contributed by atoms with E-state index in [1.54, 1.807) is 4.90 Å². The minimum Gasteiger partial charge on any atom is -0.390 e. The molecule has 0 bridgehead atoms. The van der Waals surface area contributed by atoms with Gasteiger partial charge in [-0.25, -0.2) is 0 Å². The molecule has 11 heavy (non-hydrogen) atoms. The molecule has 0 saturated carbocycles. The third-order valence-electron chi connectivity index (χ3n) is 2.05. The first-order valence-corrected chi connectivity index (χ1v) is 3.71. The van der Waals surface area contributed by atoms with Crippen molar-refractivity contribution >= 4 is 12.2 Å². The molecule has 0 radical (unpaired) electrons. The number of nitrogens with zero attached hydrogens (tertiary/aromatic N) is 2. The smallest absolute Gasteiger partial charge is 0.222 e. The summed E-state index contributed by atoms with van der Waals surface area (Å²) in [5.41, 5.74) is 5.09. The van der Waals surface area contributed by atoms with Crippen LogP contribution in [0.3, 0.4) is 0 Å². The quantitative estimate of drug-likeness (QED) is 0.435. The molecule has 0 aromatic carbocycles. The summed E-state index contributed by atoms with van der Waals surface area (Å²) < 4.78 is 0. The third-order valence-corrected chi connectivity index (χ3v) is 2.05. The maximum absolute atomic E-state index is 11.0. The van der Waals surface area contributed by atoms with Crippen LogP contribution in [-0.2, 0) is 4.79 Å². The first kappa shape index (κ1) is 8.04. The molecule has 0 spiro atoms. The number of aliphatic imine (C=N–C) groups is 1. The lowest BCUT2D eigenvalue weighted by Crippen LogP contribution is -2.30. The largest absolute Gasteiger partial charge is 0.390 e. The van der Waals surface area contributed by atoms with Gasteiger partial charge in [0, 0.05) is 13.5 Å². The number of carbonyl (C=O) groups excluding carboxylic acids is 1. The van der Waals surface area contributed by atoms with E-state index >= 15 is 0 Å². The Hall–Kier alpha value is -1.06. The second-order valence-corrected chi connectivity index (χ2v) is 2.71. The first-order valence-electron chi connectivity index (χ1n) is 3.71. The fraction of sp³-hybridized carbons (Fsp3) is 0.714. The normalized spacial score (nSPS) is 25.4. The van der Waals surface area contributed by atoms with Gasteiger partial charge in [0.2, 0.25) is 5.91 Å². The summed E-state index contributed by atoms with van der Waals surface area (Å²) in [5.74, 6) is 0.210.